The summed E-state index contributed by atoms with van der Waals surface area (Å²) in [6.07, 6.45) is 2.33. The lowest BCUT2D eigenvalue weighted by Gasteiger charge is -2.35. The number of benzene rings is 2. The maximum atomic E-state index is 14.3. The van der Waals surface area contributed by atoms with E-state index in [9.17, 15) is 14.4 Å². The van der Waals surface area contributed by atoms with E-state index in [1.807, 2.05) is 45.0 Å². The minimum atomic E-state index is -0.900. The first-order valence-electron chi connectivity index (χ1n) is 14.2. The Balaban J connectivity index is 2.53. The second-order valence-electron chi connectivity index (χ2n) is 11.5. The molecule has 8 heteroatoms. The van der Waals surface area contributed by atoms with Crippen molar-refractivity contribution in [2.75, 3.05) is 19.0 Å². The number of carbonyl (C=O) groups is 3. The van der Waals surface area contributed by atoms with Crippen molar-refractivity contribution in [1.82, 2.24) is 10.2 Å². The summed E-state index contributed by atoms with van der Waals surface area (Å²) in [6.45, 7) is 13.7. The molecular formula is C32H47N3O5. The molecule has 0 aliphatic heterocycles. The lowest BCUT2D eigenvalue weighted by molar-refractivity contribution is -0.141. The van der Waals surface area contributed by atoms with Crippen LogP contribution in [0.5, 0.6) is 5.75 Å². The van der Waals surface area contributed by atoms with Gasteiger partial charge in [0.1, 0.15) is 23.4 Å². The number of alkyl carbamates (subject to hydrolysis) is 1. The molecule has 40 heavy (non-hydrogen) atoms. The largest absolute Gasteiger partial charge is 0.497 e. The van der Waals surface area contributed by atoms with Gasteiger partial charge in [0.05, 0.1) is 7.11 Å². The van der Waals surface area contributed by atoms with Crippen molar-refractivity contribution in [3.63, 3.8) is 0 Å². The van der Waals surface area contributed by atoms with Gasteiger partial charge in [-0.1, -0.05) is 57.9 Å². The Morgan fingerprint density at radius 2 is 1.62 bits per heavy atom. The molecule has 2 aromatic rings. The van der Waals surface area contributed by atoms with Crippen LogP contribution in [0.1, 0.15) is 84.4 Å². The van der Waals surface area contributed by atoms with Gasteiger partial charge < -0.3 is 25.0 Å². The van der Waals surface area contributed by atoms with Crippen molar-refractivity contribution in [2.45, 2.75) is 91.8 Å². The van der Waals surface area contributed by atoms with Crippen molar-refractivity contribution in [3.8, 4) is 5.75 Å². The lowest BCUT2D eigenvalue weighted by atomic mass is 9.96. The molecule has 2 atom stereocenters. The van der Waals surface area contributed by atoms with Crippen molar-refractivity contribution < 1.29 is 23.9 Å². The molecule has 0 heterocycles. The zero-order valence-corrected chi connectivity index (χ0v) is 25.4. The van der Waals surface area contributed by atoms with Crippen LogP contribution in [-0.4, -0.2) is 48.1 Å². The summed E-state index contributed by atoms with van der Waals surface area (Å²) in [6, 6.07) is 12.9. The summed E-state index contributed by atoms with van der Waals surface area (Å²) in [4.78, 5) is 42.7. The molecule has 2 unspecified atom stereocenters. The summed E-state index contributed by atoms with van der Waals surface area (Å²) in [7, 11) is 1.58. The van der Waals surface area contributed by atoms with Crippen molar-refractivity contribution in [3.05, 3.63) is 59.7 Å². The van der Waals surface area contributed by atoms with Crippen LogP contribution in [0, 0.1) is 12.8 Å². The molecule has 0 fully saturated rings. The fourth-order valence-corrected chi connectivity index (χ4v) is 4.47. The van der Waals surface area contributed by atoms with E-state index in [2.05, 4.69) is 17.6 Å². The Labute approximate surface area is 239 Å². The molecule has 8 nitrogen and oxygen atoms in total. The Kier molecular flexibility index (Phi) is 12.5. The monoisotopic (exact) mass is 553 g/mol. The van der Waals surface area contributed by atoms with Crippen LogP contribution in [0.15, 0.2) is 48.5 Å². The average Bonchev–Trinajstić information content (AvgIpc) is 2.87. The highest BCUT2D eigenvalue weighted by Crippen LogP contribution is 2.28. The third-order valence-corrected chi connectivity index (χ3v) is 6.38. The predicted molar refractivity (Wildman–Crippen MR) is 159 cm³/mol. The average molecular weight is 554 g/mol. The van der Waals surface area contributed by atoms with E-state index in [0.29, 0.717) is 24.4 Å². The van der Waals surface area contributed by atoms with E-state index in [-0.39, 0.29) is 17.7 Å². The van der Waals surface area contributed by atoms with Crippen LogP contribution >= 0.6 is 0 Å². The number of anilines is 1. The number of amides is 3. The zero-order valence-electron chi connectivity index (χ0n) is 25.4. The maximum absolute atomic E-state index is 14.3. The molecule has 0 radical (unpaired) electrons. The smallest absolute Gasteiger partial charge is 0.408 e. The van der Waals surface area contributed by atoms with Gasteiger partial charge >= 0.3 is 6.09 Å². The van der Waals surface area contributed by atoms with Crippen LogP contribution in [0.2, 0.25) is 0 Å². The van der Waals surface area contributed by atoms with E-state index < -0.39 is 23.8 Å². The molecule has 0 saturated heterocycles. The summed E-state index contributed by atoms with van der Waals surface area (Å²) < 4.78 is 10.7. The van der Waals surface area contributed by atoms with Crippen LogP contribution in [0.25, 0.3) is 0 Å². The molecule has 220 valence electrons. The third kappa shape index (κ3) is 10.2. The van der Waals surface area contributed by atoms with Gasteiger partial charge in [0, 0.05) is 12.2 Å². The number of nitrogens with zero attached hydrogens (tertiary/aromatic N) is 1. The molecule has 2 N–H and O–H groups in total. The van der Waals surface area contributed by atoms with Gasteiger partial charge in [-0.15, -0.1) is 0 Å². The van der Waals surface area contributed by atoms with Gasteiger partial charge in [0.25, 0.3) is 5.91 Å². The molecule has 0 aliphatic carbocycles. The third-order valence-electron chi connectivity index (χ3n) is 6.38. The number of hydrogen-bond donors (Lipinski definition) is 2. The summed E-state index contributed by atoms with van der Waals surface area (Å²) in [5, 5.41) is 5.80. The van der Waals surface area contributed by atoms with Gasteiger partial charge in [0.15, 0.2) is 0 Å². The van der Waals surface area contributed by atoms with Gasteiger partial charge in [0.2, 0.25) is 5.91 Å². The lowest BCUT2D eigenvalue weighted by Crippen LogP contribution is -2.53. The van der Waals surface area contributed by atoms with Crippen LogP contribution in [-0.2, 0) is 14.3 Å². The number of rotatable bonds is 13. The van der Waals surface area contributed by atoms with Crippen molar-refractivity contribution in [2.24, 2.45) is 5.92 Å². The zero-order chi connectivity index (χ0) is 29.9. The first-order valence-corrected chi connectivity index (χ1v) is 14.2. The number of ether oxygens (including phenoxy) is 2. The maximum Gasteiger partial charge on any atom is 0.408 e. The minimum Gasteiger partial charge on any atom is -0.497 e. The Hall–Kier alpha value is -3.55. The number of aryl methyl sites for hydroxylation is 1. The number of methoxy groups -OCH3 is 1. The van der Waals surface area contributed by atoms with Gasteiger partial charge in [-0.05, 0) is 81.8 Å². The minimum absolute atomic E-state index is 0.117. The Morgan fingerprint density at radius 3 is 2.17 bits per heavy atom. The highest BCUT2D eigenvalue weighted by molar-refractivity contribution is 5.99. The number of nitrogens with one attached hydrogen (secondary N) is 2. The van der Waals surface area contributed by atoms with Crippen LogP contribution in [0.3, 0.4) is 0 Å². The Morgan fingerprint density at radius 1 is 0.975 bits per heavy atom. The number of unbranched alkanes of at least 4 members (excludes halogenated alkanes) is 2. The molecule has 0 aromatic heterocycles. The van der Waals surface area contributed by atoms with E-state index >= 15 is 0 Å². The molecule has 0 saturated carbocycles. The second kappa shape index (κ2) is 15.3. The first kappa shape index (κ1) is 32.7. The van der Waals surface area contributed by atoms with Crippen molar-refractivity contribution >= 4 is 23.6 Å². The predicted octanol–water partition coefficient (Wildman–Crippen LogP) is 6.64. The highest BCUT2D eigenvalue weighted by atomic mass is 16.6. The summed E-state index contributed by atoms with van der Waals surface area (Å²) in [5.41, 5.74) is 1.51. The quantitative estimate of drug-likeness (QED) is 0.271. The SMILES string of the molecule is CCCCCN(C(=O)C(CC(C)C)NC(=O)OC(C)(C)C)C(C(=O)Nc1ccc(OC)cc1)c1ccccc1C. The molecule has 0 aliphatic rings. The first-order chi connectivity index (χ1) is 18.9. The van der Waals surface area contributed by atoms with E-state index in [4.69, 9.17) is 9.47 Å². The van der Waals surface area contributed by atoms with E-state index in [1.165, 1.54) is 0 Å². The topological polar surface area (TPSA) is 97.0 Å². The summed E-state index contributed by atoms with van der Waals surface area (Å²) in [5.74, 6) is 0.152. The molecule has 0 spiro atoms. The van der Waals surface area contributed by atoms with Crippen molar-refractivity contribution in [1.29, 1.82) is 0 Å². The van der Waals surface area contributed by atoms with Gasteiger partial charge in [-0.25, -0.2) is 4.79 Å². The van der Waals surface area contributed by atoms with Crippen LogP contribution < -0.4 is 15.4 Å². The standard InChI is InChI=1S/C32H47N3O5/c1-9-10-13-20-35(30(37)27(21-22(2)3)34-31(38)40-32(5,6)7)28(26-15-12-11-14-23(26)4)29(36)33-24-16-18-25(39-8)19-17-24/h11-12,14-19,22,27-28H,9-10,13,20-21H2,1-8H3,(H,33,36)(H,34,38). The van der Waals surface area contributed by atoms with E-state index in [0.717, 1.165) is 30.4 Å². The van der Waals surface area contributed by atoms with Gasteiger partial charge in [-0.2, -0.15) is 0 Å². The van der Waals surface area contributed by atoms with Gasteiger partial charge in [-0.3, -0.25) is 9.59 Å². The normalized spacial score (nSPS) is 12.8. The molecule has 2 rings (SSSR count). The second-order valence-corrected chi connectivity index (χ2v) is 11.5. The van der Waals surface area contributed by atoms with E-state index in [1.54, 1.807) is 57.0 Å². The molecule has 0 bridgehead atoms. The Bertz CT molecular complexity index is 1110. The summed E-state index contributed by atoms with van der Waals surface area (Å²) >= 11 is 0. The molecular weight excluding hydrogens is 506 g/mol. The fourth-order valence-electron chi connectivity index (χ4n) is 4.47. The number of carbonyl (C=O) groups excluding carboxylic acids is 3. The fraction of sp³-hybridized carbons (Fsp3) is 0.531. The highest BCUT2D eigenvalue weighted by Gasteiger charge is 2.37. The molecule has 3 amide bonds. The molecule has 2 aromatic carbocycles. The van der Waals surface area contributed by atoms with Crippen LogP contribution in [0.4, 0.5) is 10.5 Å². The number of hydrogen-bond acceptors (Lipinski definition) is 5.